The summed E-state index contributed by atoms with van der Waals surface area (Å²) < 4.78 is 37.7. The molecule has 144 valence electrons. The van der Waals surface area contributed by atoms with E-state index in [1.54, 1.807) is 0 Å². The minimum absolute atomic E-state index is 0.0317. The summed E-state index contributed by atoms with van der Waals surface area (Å²) in [7, 11) is -4.20. The zero-order valence-electron chi connectivity index (χ0n) is 15.0. The molecule has 0 aliphatic heterocycles. The Hall–Kier alpha value is -1.51. The molecule has 0 bridgehead atoms. The Morgan fingerprint density at radius 2 is 1.40 bits per heavy atom. The maximum absolute atomic E-state index is 12.7. The van der Waals surface area contributed by atoms with Crippen LogP contribution in [0.1, 0.15) is 34.1 Å². The van der Waals surface area contributed by atoms with Crippen molar-refractivity contribution in [1.82, 2.24) is 0 Å². The molecule has 0 rings (SSSR count). The van der Waals surface area contributed by atoms with Gasteiger partial charge in [-0.15, -0.1) is 0 Å². The molecule has 0 aliphatic rings. The predicted molar refractivity (Wildman–Crippen MR) is 90.1 cm³/mol. The monoisotopic (exact) mass is 379 g/mol. The zero-order chi connectivity index (χ0) is 19.6. The first-order valence-electron chi connectivity index (χ1n) is 7.55. The zero-order valence-corrected chi connectivity index (χ0v) is 15.9. The van der Waals surface area contributed by atoms with Crippen LogP contribution in [0.4, 0.5) is 0 Å². The van der Waals surface area contributed by atoms with E-state index >= 15 is 0 Å². The van der Waals surface area contributed by atoms with Gasteiger partial charge in [-0.05, 0) is 40.7 Å². The molecule has 0 heterocycles. The molecule has 25 heavy (non-hydrogen) atoms. The van der Waals surface area contributed by atoms with Crippen molar-refractivity contribution in [3.63, 3.8) is 0 Å². The van der Waals surface area contributed by atoms with Gasteiger partial charge >= 0.3 is 19.8 Å². The fourth-order valence-corrected chi connectivity index (χ4v) is 2.59. The van der Waals surface area contributed by atoms with Crippen LogP contribution in [0.25, 0.3) is 0 Å². The highest BCUT2D eigenvalue weighted by Crippen LogP contribution is 2.52. The highest BCUT2D eigenvalue weighted by molar-refractivity contribution is 7.48. The molecule has 0 radical (unpaired) electrons. The summed E-state index contributed by atoms with van der Waals surface area (Å²) in [6.07, 6.45) is -2.12. The number of hydrogen-bond donors (Lipinski definition) is 1. The molecule has 0 aromatic rings. The molecule has 0 saturated heterocycles. The molecule has 10 heteroatoms. The largest absolute Gasteiger partial charge is 0.481 e. The van der Waals surface area contributed by atoms with Crippen molar-refractivity contribution < 1.29 is 37.2 Å². The van der Waals surface area contributed by atoms with Crippen molar-refractivity contribution in [2.45, 2.75) is 46.7 Å². The number of esters is 2. The van der Waals surface area contributed by atoms with E-state index in [4.69, 9.17) is 28.8 Å². The van der Waals surface area contributed by atoms with Gasteiger partial charge in [-0.25, -0.2) is 23.2 Å². The minimum atomic E-state index is -4.20. The third-order valence-electron chi connectivity index (χ3n) is 2.40. The first-order valence-corrected chi connectivity index (χ1v) is 9.01. The number of ether oxygens (including phenoxy) is 2. The van der Waals surface area contributed by atoms with Crippen molar-refractivity contribution in [3.8, 4) is 0 Å². The standard InChI is InChI=1S/C15H26NO8P/c1-10(2)14(17)21-12(5)23-25(19,20-9-7-8-16)24-13(6)22-15(18)11(3)4/h12-13H,1,3,7-9,16H2,2,4-6H3. The molecule has 0 fully saturated rings. The molecule has 9 nitrogen and oxygen atoms in total. The van der Waals surface area contributed by atoms with Crippen LogP contribution in [0.2, 0.25) is 0 Å². The maximum atomic E-state index is 12.7. The number of carbonyl (C=O) groups is 2. The van der Waals surface area contributed by atoms with Crippen LogP contribution in [0.3, 0.4) is 0 Å². The van der Waals surface area contributed by atoms with Crippen LogP contribution >= 0.6 is 7.82 Å². The van der Waals surface area contributed by atoms with Gasteiger partial charge in [0.05, 0.1) is 6.61 Å². The number of rotatable bonds is 12. The lowest BCUT2D eigenvalue weighted by Gasteiger charge is -2.24. The Morgan fingerprint density at radius 3 is 1.72 bits per heavy atom. The highest BCUT2D eigenvalue weighted by atomic mass is 31.2. The van der Waals surface area contributed by atoms with Gasteiger partial charge in [0.2, 0.25) is 12.6 Å². The number of hydrogen-bond acceptors (Lipinski definition) is 9. The molecule has 0 saturated carbocycles. The molecular weight excluding hydrogens is 353 g/mol. The van der Waals surface area contributed by atoms with Crippen LogP contribution in [0.15, 0.2) is 24.3 Å². The van der Waals surface area contributed by atoms with Crippen molar-refractivity contribution in [3.05, 3.63) is 24.3 Å². The molecular formula is C15H26NO8P. The molecule has 0 aliphatic carbocycles. The van der Waals surface area contributed by atoms with E-state index in [2.05, 4.69) is 13.2 Å². The molecule has 0 spiro atoms. The van der Waals surface area contributed by atoms with E-state index in [1.165, 1.54) is 27.7 Å². The quantitative estimate of drug-likeness (QED) is 0.179. The second kappa shape index (κ2) is 11.2. The molecule has 0 aromatic heterocycles. The Labute approximate surface area is 147 Å². The fourth-order valence-electron chi connectivity index (χ4n) is 1.25. The first-order chi connectivity index (χ1) is 11.5. The summed E-state index contributed by atoms with van der Waals surface area (Å²) in [4.78, 5) is 22.9. The summed E-state index contributed by atoms with van der Waals surface area (Å²) >= 11 is 0. The Bertz CT molecular complexity index is 508. The number of phosphoric acid groups is 1. The topological polar surface area (TPSA) is 123 Å². The molecule has 2 atom stereocenters. The molecule has 0 amide bonds. The maximum Gasteiger partial charge on any atom is 0.481 e. The summed E-state index contributed by atoms with van der Waals surface area (Å²) in [6.45, 7) is 12.7. The molecule has 0 aromatic carbocycles. The van der Waals surface area contributed by atoms with Gasteiger partial charge in [0, 0.05) is 11.1 Å². The van der Waals surface area contributed by atoms with Crippen LogP contribution in [0, 0.1) is 0 Å². The predicted octanol–water partition coefficient (Wildman–Crippen LogP) is 2.42. The number of carbonyl (C=O) groups excluding carboxylic acids is 2. The van der Waals surface area contributed by atoms with Gasteiger partial charge in [0.25, 0.3) is 0 Å². The lowest BCUT2D eigenvalue weighted by molar-refractivity contribution is -0.165. The van der Waals surface area contributed by atoms with Gasteiger partial charge < -0.3 is 15.2 Å². The van der Waals surface area contributed by atoms with Gasteiger partial charge in [-0.3, -0.25) is 4.52 Å². The summed E-state index contributed by atoms with van der Waals surface area (Å²) in [6, 6.07) is 0. The normalized spacial score (nSPS) is 15.6. The van der Waals surface area contributed by atoms with Gasteiger partial charge in [0.15, 0.2) is 0 Å². The van der Waals surface area contributed by atoms with Crippen LogP contribution < -0.4 is 5.73 Å². The smallest absolute Gasteiger partial charge is 0.432 e. The van der Waals surface area contributed by atoms with E-state index < -0.39 is 32.3 Å². The summed E-state index contributed by atoms with van der Waals surface area (Å²) in [5.74, 6) is -1.47. The van der Waals surface area contributed by atoms with E-state index in [-0.39, 0.29) is 17.8 Å². The van der Waals surface area contributed by atoms with E-state index in [0.29, 0.717) is 13.0 Å². The van der Waals surface area contributed by atoms with Gasteiger partial charge in [0.1, 0.15) is 0 Å². The van der Waals surface area contributed by atoms with E-state index in [0.717, 1.165) is 0 Å². The number of nitrogens with two attached hydrogens (primary N) is 1. The van der Waals surface area contributed by atoms with E-state index in [9.17, 15) is 14.2 Å². The Kier molecular flexibility index (Phi) is 10.5. The van der Waals surface area contributed by atoms with Gasteiger partial charge in [-0.1, -0.05) is 13.2 Å². The van der Waals surface area contributed by atoms with Crippen LogP contribution in [-0.4, -0.2) is 37.7 Å². The number of phosphoric ester groups is 1. The lowest BCUT2D eigenvalue weighted by atomic mass is 10.4. The van der Waals surface area contributed by atoms with Crippen molar-refractivity contribution in [2.75, 3.05) is 13.2 Å². The van der Waals surface area contributed by atoms with Gasteiger partial charge in [-0.2, -0.15) is 0 Å². The minimum Gasteiger partial charge on any atom is -0.432 e. The Balaban J connectivity index is 4.94. The van der Waals surface area contributed by atoms with Crippen LogP contribution in [-0.2, 0) is 37.2 Å². The SMILES string of the molecule is C=C(C)C(=O)OC(C)OP(=O)(OCCCN)OC(C)OC(=O)C(=C)C. The average molecular weight is 379 g/mol. The summed E-state index contributed by atoms with van der Waals surface area (Å²) in [5, 5.41) is 0. The average Bonchev–Trinajstić information content (AvgIpc) is 2.46. The lowest BCUT2D eigenvalue weighted by Crippen LogP contribution is -2.22. The Morgan fingerprint density at radius 1 is 1.00 bits per heavy atom. The van der Waals surface area contributed by atoms with Crippen LogP contribution in [0.5, 0.6) is 0 Å². The van der Waals surface area contributed by atoms with E-state index in [1.807, 2.05) is 0 Å². The van der Waals surface area contributed by atoms with Crippen molar-refractivity contribution >= 4 is 19.8 Å². The third-order valence-corrected chi connectivity index (χ3v) is 4.00. The van der Waals surface area contributed by atoms with Crippen molar-refractivity contribution in [2.24, 2.45) is 5.73 Å². The second-order valence-electron chi connectivity index (χ2n) is 5.14. The third kappa shape index (κ3) is 10.2. The summed E-state index contributed by atoms with van der Waals surface area (Å²) in [5.41, 5.74) is 5.63. The fraction of sp³-hybridized carbons (Fsp3) is 0.600. The second-order valence-corrected chi connectivity index (χ2v) is 6.71. The van der Waals surface area contributed by atoms with Crippen molar-refractivity contribution in [1.29, 1.82) is 0 Å². The molecule has 2 unspecified atom stereocenters. The first kappa shape index (κ1) is 23.5. The highest BCUT2D eigenvalue weighted by Gasteiger charge is 2.34. The molecule has 2 N–H and O–H groups in total.